The van der Waals surface area contributed by atoms with Gasteiger partial charge in [0.05, 0.1) is 10.5 Å². The minimum atomic E-state index is -4.68. The number of rotatable bonds is 5. The number of hydrogen-bond donors (Lipinski definition) is 0. The largest absolute Gasteiger partial charge is 0.483 e. The predicted molar refractivity (Wildman–Crippen MR) is 108 cm³/mol. The fourth-order valence-corrected chi connectivity index (χ4v) is 3.91. The lowest BCUT2D eigenvalue weighted by atomic mass is 10.1. The zero-order valence-electron chi connectivity index (χ0n) is 17.7. The van der Waals surface area contributed by atoms with E-state index >= 15 is 0 Å². The van der Waals surface area contributed by atoms with Crippen LogP contribution >= 0.6 is 0 Å². The van der Waals surface area contributed by atoms with E-state index in [1.807, 2.05) is 0 Å². The molecule has 0 N–H and O–H groups in total. The van der Waals surface area contributed by atoms with E-state index in [4.69, 9.17) is 4.74 Å². The highest BCUT2D eigenvalue weighted by Gasteiger charge is 2.34. The number of carbonyl (C=O) groups excluding carboxylic acids is 1. The van der Waals surface area contributed by atoms with Crippen molar-refractivity contribution < 1.29 is 44.3 Å². The Morgan fingerprint density at radius 2 is 1.68 bits per heavy atom. The number of alkyl halides is 6. The fourth-order valence-electron chi connectivity index (χ4n) is 3.26. The molecule has 1 fully saturated rings. The first-order valence-corrected chi connectivity index (χ1v) is 11.7. The summed E-state index contributed by atoms with van der Waals surface area (Å²) >= 11 is 0. The molecule has 1 aromatic carbocycles. The minimum Gasteiger partial charge on any atom is -0.483 e. The van der Waals surface area contributed by atoms with Gasteiger partial charge in [-0.1, -0.05) is 6.07 Å². The molecule has 1 aliphatic heterocycles. The van der Waals surface area contributed by atoms with Gasteiger partial charge in [-0.05, 0) is 30.3 Å². The van der Waals surface area contributed by atoms with Crippen molar-refractivity contribution in [1.82, 2.24) is 9.88 Å². The number of piperazine rings is 1. The number of halogens is 6. The maximum absolute atomic E-state index is 13.0. The lowest BCUT2D eigenvalue weighted by Crippen LogP contribution is -2.49. The Kier molecular flexibility index (Phi) is 7.01. The Bertz CT molecular complexity index is 1160. The van der Waals surface area contributed by atoms with Gasteiger partial charge < -0.3 is 14.5 Å². The topological polar surface area (TPSA) is 79.8 Å². The van der Waals surface area contributed by atoms with Crippen molar-refractivity contribution in [2.75, 3.05) is 43.9 Å². The second kappa shape index (κ2) is 9.31. The summed E-state index contributed by atoms with van der Waals surface area (Å²) in [6, 6.07) is 6.41. The highest BCUT2D eigenvalue weighted by atomic mass is 32.2. The van der Waals surface area contributed by atoms with Crippen LogP contribution in [-0.4, -0.2) is 69.4 Å². The molecule has 1 saturated heterocycles. The number of hydrogen-bond acceptors (Lipinski definition) is 6. The molecule has 7 nitrogen and oxygen atoms in total. The van der Waals surface area contributed by atoms with E-state index in [1.54, 1.807) is 0 Å². The third-order valence-corrected chi connectivity index (χ3v) is 6.03. The van der Waals surface area contributed by atoms with E-state index in [-0.39, 0.29) is 42.5 Å². The van der Waals surface area contributed by atoms with Crippen LogP contribution in [-0.2, 0) is 16.0 Å². The maximum Gasteiger partial charge on any atom is 0.433 e. The zero-order valence-corrected chi connectivity index (χ0v) is 18.5. The molecule has 186 valence electrons. The molecule has 0 atom stereocenters. The van der Waals surface area contributed by atoms with E-state index < -0.39 is 46.1 Å². The van der Waals surface area contributed by atoms with Crippen LogP contribution in [0.25, 0.3) is 0 Å². The molecule has 34 heavy (non-hydrogen) atoms. The van der Waals surface area contributed by atoms with Crippen molar-refractivity contribution in [3.8, 4) is 5.75 Å². The van der Waals surface area contributed by atoms with Gasteiger partial charge in [0.25, 0.3) is 5.91 Å². The van der Waals surface area contributed by atoms with Crippen molar-refractivity contribution in [1.29, 1.82) is 0 Å². The summed E-state index contributed by atoms with van der Waals surface area (Å²) in [5.41, 5.74) is -1.43. The SMILES string of the molecule is CS(=O)(=O)c1ccc(OCC(F)(F)F)c(C(=O)N2CCN(c3cccc(C(F)(F)F)n3)CC2)c1. The first-order valence-electron chi connectivity index (χ1n) is 9.77. The molecule has 0 bridgehead atoms. The molecule has 14 heteroatoms. The highest BCUT2D eigenvalue weighted by Crippen LogP contribution is 2.30. The van der Waals surface area contributed by atoms with E-state index in [0.29, 0.717) is 0 Å². The number of nitrogens with zero attached hydrogens (tertiary/aromatic N) is 3. The summed E-state index contributed by atoms with van der Waals surface area (Å²) in [5, 5.41) is 0. The Morgan fingerprint density at radius 1 is 1.03 bits per heavy atom. The number of benzene rings is 1. The molecule has 2 heterocycles. The molecule has 1 amide bonds. The smallest absolute Gasteiger partial charge is 0.433 e. The van der Waals surface area contributed by atoms with Crippen molar-refractivity contribution in [2.24, 2.45) is 0 Å². The molecular formula is C20H19F6N3O4S. The first-order chi connectivity index (χ1) is 15.6. The number of ether oxygens (including phenoxy) is 1. The molecule has 1 aliphatic rings. The predicted octanol–water partition coefficient (Wildman–Crippen LogP) is 3.41. The second-order valence-corrected chi connectivity index (χ2v) is 9.51. The number of aromatic nitrogens is 1. The van der Waals surface area contributed by atoms with E-state index in [1.165, 1.54) is 21.9 Å². The van der Waals surface area contributed by atoms with Crippen LogP contribution in [0.1, 0.15) is 16.1 Å². The summed E-state index contributed by atoms with van der Waals surface area (Å²) in [4.78, 5) is 19.2. The van der Waals surface area contributed by atoms with Gasteiger partial charge in [-0.25, -0.2) is 13.4 Å². The third-order valence-electron chi connectivity index (χ3n) is 4.92. The minimum absolute atomic E-state index is 0.0125. The van der Waals surface area contributed by atoms with Crippen LogP contribution in [0.4, 0.5) is 32.2 Å². The molecule has 3 rings (SSSR count). The van der Waals surface area contributed by atoms with Crippen molar-refractivity contribution >= 4 is 21.6 Å². The third kappa shape index (κ3) is 6.30. The van der Waals surface area contributed by atoms with Crippen LogP contribution in [0.2, 0.25) is 0 Å². The van der Waals surface area contributed by atoms with Gasteiger partial charge in [-0.3, -0.25) is 4.79 Å². The van der Waals surface area contributed by atoms with Gasteiger partial charge in [-0.2, -0.15) is 26.3 Å². The molecule has 0 saturated carbocycles. The number of amides is 1. The summed E-state index contributed by atoms with van der Waals surface area (Å²) in [6.45, 7) is -1.45. The Morgan fingerprint density at radius 3 is 2.24 bits per heavy atom. The number of carbonyl (C=O) groups is 1. The molecule has 0 unspecified atom stereocenters. The lowest BCUT2D eigenvalue weighted by Gasteiger charge is -2.35. The van der Waals surface area contributed by atoms with Gasteiger partial charge in [0.1, 0.15) is 17.3 Å². The Hall–Kier alpha value is -3.03. The molecule has 0 spiro atoms. The van der Waals surface area contributed by atoms with Gasteiger partial charge >= 0.3 is 12.4 Å². The van der Waals surface area contributed by atoms with Crippen molar-refractivity contribution in [2.45, 2.75) is 17.2 Å². The molecule has 0 radical (unpaired) electrons. The first kappa shape index (κ1) is 25.6. The zero-order chi connectivity index (χ0) is 25.3. The summed E-state index contributed by atoms with van der Waals surface area (Å²) in [7, 11) is -3.77. The number of sulfone groups is 1. The summed E-state index contributed by atoms with van der Waals surface area (Å²) < 4.78 is 105. The highest BCUT2D eigenvalue weighted by molar-refractivity contribution is 7.90. The second-order valence-electron chi connectivity index (χ2n) is 7.49. The van der Waals surface area contributed by atoms with Crippen LogP contribution in [0, 0.1) is 0 Å². The monoisotopic (exact) mass is 511 g/mol. The average molecular weight is 511 g/mol. The normalized spacial score (nSPS) is 15.4. The van der Waals surface area contributed by atoms with Gasteiger partial charge in [-0.15, -0.1) is 0 Å². The van der Waals surface area contributed by atoms with Gasteiger partial charge in [0, 0.05) is 32.4 Å². The lowest BCUT2D eigenvalue weighted by molar-refractivity contribution is -0.153. The van der Waals surface area contributed by atoms with Crippen LogP contribution in [0.3, 0.4) is 0 Å². The maximum atomic E-state index is 13.0. The van der Waals surface area contributed by atoms with E-state index in [2.05, 4.69) is 4.98 Å². The Balaban J connectivity index is 1.80. The molecular weight excluding hydrogens is 492 g/mol. The van der Waals surface area contributed by atoms with E-state index in [0.717, 1.165) is 30.5 Å². The molecule has 1 aromatic heterocycles. The van der Waals surface area contributed by atoms with Gasteiger partial charge in [0.15, 0.2) is 16.4 Å². The summed E-state index contributed by atoms with van der Waals surface area (Å²) in [5.74, 6) is -1.13. The fraction of sp³-hybridized carbons (Fsp3) is 0.400. The standard InChI is InChI=1S/C20H19F6N3O4S/c1-34(31,32)13-5-6-15(33-12-19(21,22)23)14(11-13)18(30)29-9-7-28(8-10-29)17-4-2-3-16(27-17)20(24,25)26/h2-6,11H,7-10,12H2,1H3. The van der Waals surface area contributed by atoms with Crippen LogP contribution < -0.4 is 9.64 Å². The quantitative estimate of drug-likeness (QED) is 0.573. The molecule has 2 aromatic rings. The van der Waals surface area contributed by atoms with Crippen LogP contribution in [0.5, 0.6) is 5.75 Å². The van der Waals surface area contributed by atoms with Crippen LogP contribution in [0.15, 0.2) is 41.3 Å². The van der Waals surface area contributed by atoms with E-state index in [9.17, 15) is 39.6 Å². The Labute approximate surface area is 190 Å². The van der Waals surface area contributed by atoms with Crippen molar-refractivity contribution in [3.63, 3.8) is 0 Å². The number of anilines is 1. The number of pyridine rings is 1. The average Bonchev–Trinajstić information content (AvgIpc) is 2.75. The van der Waals surface area contributed by atoms with Crippen molar-refractivity contribution in [3.05, 3.63) is 47.7 Å². The molecule has 0 aliphatic carbocycles. The summed E-state index contributed by atoms with van der Waals surface area (Å²) in [6.07, 6.45) is -8.42. The van der Waals surface area contributed by atoms with Gasteiger partial charge in [0.2, 0.25) is 0 Å².